The lowest BCUT2D eigenvalue weighted by molar-refractivity contribution is -0.128. The second-order valence-electron chi connectivity index (χ2n) is 5.28. The topological polar surface area (TPSA) is 100 Å². The minimum absolute atomic E-state index is 0.0111. The first kappa shape index (κ1) is 15.7. The third-order valence-corrected chi connectivity index (χ3v) is 3.37. The molecule has 0 aliphatic carbocycles. The Bertz CT molecular complexity index is 336. The molecule has 0 atom stereocenters. The van der Waals surface area contributed by atoms with Crippen molar-refractivity contribution in [2.75, 3.05) is 26.7 Å². The minimum atomic E-state index is -0.765. The lowest BCUT2D eigenvalue weighted by Gasteiger charge is -2.40. The Kier molecular flexibility index (Phi) is 5.56. The molecule has 1 rings (SSSR count). The van der Waals surface area contributed by atoms with E-state index in [-0.39, 0.29) is 24.5 Å². The second-order valence-corrected chi connectivity index (χ2v) is 5.28. The molecule has 1 fully saturated rings. The number of amidine groups is 1. The second kappa shape index (κ2) is 6.72. The van der Waals surface area contributed by atoms with Crippen molar-refractivity contribution < 1.29 is 14.7 Å². The highest BCUT2D eigenvalue weighted by atomic mass is 16.5. The Morgan fingerprint density at radius 1 is 1.53 bits per heavy atom. The maximum absolute atomic E-state index is 11.9. The molecule has 1 heterocycles. The van der Waals surface area contributed by atoms with Gasteiger partial charge in [-0.05, 0) is 33.7 Å². The van der Waals surface area contributed by atoms with Crippen LogP contribution in [0.25, 0.3) is 0 Å². The van der Waals surface area contributed by atoms with Gasteiger partial charge in [-0.2, -0.15) is 0 Å². The third kappa shape index (κ3) is 4.36. The number of oxime groups is 1. The van der Waals surface area contributed by atoms with Gasteiger partial charge in [-0.3, -0.25) is 4.79 Å². The van der Waals surface area contributed by atoms with Gasteiger partial charge in [0.15, 0.2) is 5.84 Å². The van der Waals surface area contributed by atoms with Crippen molar-refractivity contribution in [1.29, 1.82) is 0 Å². The highest BCUT2D eigenvalue weighted by Gasteiger charge is 2.39. The summed E-state index contributed by atoms with van der Waals surface area (Å²) in [5.74, 6) is -0.191. The summed E-state index contributed by atoms with van der Waals surface area (Å²) < 4.78 is 5.26. The molecule has 0 spiro atoms. The molecule has 0 aromatic rings. The summed E-state index contributed by atoms with van der Waals surface area (Å²) in [6, 6.07) is 0. The number of nitrogens with one attached hydrogen (secondary N) is 1. The molecule has 1 aliphatic heterocycles. The predicted molar refractivity (Wildman–Crippen MR) is 72.1 cm³/mol. The fourth-order valence-corrected chi connectivity index (χ4v) is 2.09. The van der Waals surface area contributed by atoms with E-state index in [1.807, 2.05) is 20.9 Å². The standard InChI is InChI=1S/C12H24N4O3/c1-9(2)19-8-10(17)14-12(11(13)15-18)4-6-16(3)7-5-12/h9,18H,4-8H2,1-3H3,(H2,13,15)(H,14,17). The van der Waals surface area contributed by atoms with Crippen LogP contribution in [-0.2, 0) is 9.53 Å². The van der Waals surface area contributed by atoms with Crippen LogP contribution in [0.3, 0.4) is 0 Å². The van der Waals surface area contributed by atoms with E-state index in [9.17, 15) is 4.79 Å². The Hall–Kier alpha value is -1.34. The summed E-state index contributed by atoms with van der Waals surface area (Å²) in [5.41, 5.74) is 4.99. The van der Waals surface area contributed by atoms with E-state index < -0.39 is 5.54 Å². The number of likely N-dealkylation sites (tertiary alicyclic amines) is 1. The molecule has 0 unspecified atom stereocenters. The number of carbonyl (C=O) groups is 1. The molecule has 19 heavy (non-hydrogen) atoms. The van der Waals surface area contributed by atoms with Crippen LogP contribution in [0.1, 0.15) is 26.7 Å². The predicted octanol–water partition coefficient (Wildman–Crippen LogP) is -0.262. The minimum Gasteiger partial charge on any atom is -0.409 e. The molecule has 0 saturated carbocycles. The van der Waals surface area contributed by atoms with E-state index in [1.54, 1.807) is 0 Å². The molecular weight excluding hydrogens is 248 g/mol. The van der Waals surface area contributed by atoms with E-state index in [0.717, 1.165) is 13.1 Å². The van der Waals surface area contributed by atoms with Crippen LogP contribution in [0.15, 0.2) is 5.16 Å². The van der Waals surface area contributed by atoms with Gasteiger partial charge in [-0.15, -0.1) is 0 Å². The molecular formula is C12H24N4O3. The highest BCUT2D eigenvalue weighted by molar-refractivity contribution is 5.94. The van der Waals surface area contributed by atoms with Gasteiger partial charge in [-0.25, -0.2) is 0 Å². The van der Waals surface area contributed by atoms with Gasteiger partial charge < -0.3 is 25.9 Å². The van der Waals surface area contributed by atoms with Gasteiger partial charge >= 0.3 is 0 Å². The van der Waals surface area contributed by atoms with Gasteiger partial charge in [0.1, 0.15) is 12.1 Å². The quantitative estimate of drug-likeness (QED) is 0.277. The lowest BCUT2D eigenvalue weighted by Crippen LogP contribution is -2.62. The van der Waals surface area contributed by atoms with Crippen LogP contribution in [0.5, 0.6) is 0 Å². The monoisotopic (exact) mass is 272 g/mol. The number of rotatable bonds is 5. The molecule has 1 saturated heterocycles. The van der Waals surface area contributed by atoms with Crippen LogP contribution in [0.2, 0.25) is 0 Å². The van der Waals surface area contributed by atoms with Crippen molar-refractivity contribution in [2.24, 2.45) is 10.9 Å². The number of amides is 1. The number of piperidine rings is 1. The van der Waals surface area contributed by atoms with E-state index in [4.69, 9.17) is 15.7 Å². The zero-order valence-electron chi connectivity index (χ0n) is 11.8. The molecule has 1 amide bonds. The van der Waals surface area contributed by atoms with Crippen LogP contribution in [0, 0.1) is 0 Å². The molecule has 4 N–H and O–H groups in total. The van der Waals surface area contributed by atoms with Crippen molar-refractivity contribution in [3.8, 4) is 0 Å². The molecule has 0 radical (unpaired) electrons. The summed E-state index contributed by atoms with van der Waals surface area (Å²) in [4.78, 5) is 14.0. The maximum Gasteiger partial charge on any atom is 0.246 e. The Balaban J connectivity index is 2.68. The van der Waals surface area contributed by atoms with Gasteiger partial charge in [0.2, 0.25) is 5.91 Å². The van der Waals surface area contributed by atoms with Crippen molar-refractivity contribution in [3.05, 3.63) is 0 Å². The molecule has 0 aromatic carbocycles. The maximum atomic E-state index is 11.9. The first-order valence-corrected chi connectivity index (χ1v) is 6.49. The van der Waals surface area contributed by atoms with Crippen molar-refractivity contribution >= 4 is 11.7 Å². The molecule has 1 aliphatic rings. The Labute approximate surface area is 113 Å². The molecule has 0 aromatic heterocycles. The molecule has 7 nitrogen and oxygen atoms in total. The van der Waals surface area contributed by atoms with Crippen LogP contribution in [-0.4, -0.2) is 60.2 Å². The number of nitrogens with zero attached hydrogens (tertiary/aromatic N) is 2. The van der Waals surface area contributed by atoms with Crippen LogP contribution < -0.4 is 11.1 Å². The normalized spacial score (nSPS) is 20.5. The van der Waals surface area contributed by atoms with E-state index in [0.29, 0.717) is 12.8 Å². The van der Waals surface area contributed by atoms with Gasteiger partial charge in [0.25, 0.3) is 0 Å². The smallest absolute Gasteiger partial charge is 0.246 e. The van der Waals surface area contributed by atoms with Gasteiger partial charge in [-0.1, -0.05) is 5.16 Å². The molecule has 110 valence electrons. The average molecular weight is 272 g/mol. The van der Waals surface area contributed by atoms with E-state index >= 15 is 0 Å². The zero-order valence-corrected chi connectivity index (χ0v) is 11.8. The first-order chi connectivity index (χ1) is 8.89. The van der Waals surface area contributed by atoms with Crippen LogP contribution in [0.4, 0.5) is 0 Å². The number of carbonyl (C=O) groups excluding carboxylic acids is 1. The highest BCUT2D eigenvalue weighted by Crippen LogP contribution is 2.22. The van der Waals surface area contributed by atoms with Gasteiger partial charge in [0.05, 0.1) is 6.10 Å². The number of hydrogen-bond donors (Lipinski definition) is 3. The Morgan fingerprint density at radius 3 is 2.58 bits per heavy atom. The third-order valence-electron chi connectivity index (χ3n) is 3.37. The summed E-state index contributed by atoms with van der Waals surface area (Å²) in [5, 5.41) is 14.8. The molecule has 0 bridgehead atoms. The number of ether oxygens (including phenoxy) is 1. The largest absolute Gasteiger partial charge is 0.409 e. The van der Waals surface area contributed by atoms with Crippen LogP contribution >= 0.6 is 0 Å². The van der Waals surface area contributed by atoms with Crippen molar-refractivity contribution in [3.63, 3.8) is 0 Å². The summed E-state index contributed by atoms with van der Waals surface area (Å²) in [6.45, 7) is 5.27. The number of nitrogens with two attached hydrogens (primary N) is 1. The van der Waals surface area contributed by atoms with Crippen molar-refractivity contribution in [2.45, 2.75) is 38.3 Å². The summed E-state index contributed by atoms with van der Waals surface area (Å²) >= 11 is 0. The SMILES string of the molecule is CC(C)OCC(=O)NC1(C(N)=NO)CCN(C)CC1. The fraction of sp³-hybridized carbons (Fsp3) is 0.833. The zero-order chi connectivity index (χ0) is 14.5. The average Bonchev–Trinajstić information content (AvgIpc) is 2.38. The lowest BCUT2D eigenvalue weighted by atomic mass is 9.86. The summed E-state index contributed by atoms with van der Waals surface area (Å²) in [6.07, 6.45) is 1.22. The van der Waals surface area contributed by atoms with E-state index in [2.05, 4.69) is 15.4 Å². The van der Waals surface area contributed by atoms with Gasteiger partial charge in [0, 0.05) is 13.1 Å². The van der Waals surface area contributed by atoms with Crippen molar-refractivity contribution in [1.82, 2.24) is 10.2 Å². The fourth-order valence-electron chi connectivity index (χ4n) is 2.09. The summed E-state index contributed by atoms with van der Waals surface area (Å²) in [7, 11) is 2.00. The van der Waals surface area contributed by atoms with E-state index in [1.165, 1.54) is 0 Å². The first-order valence-electron chi connectivity index (χ1n) is 6.49. The Morgan fingerprint density at radius 2 is 2.11 bits per heavy atom. The number of hydrogen-bond acceptors (Lipinski definition) is 5. The molecule has 7 heteroatoms.